The van der Waals surface area contributed by atoms with Gasteiger partial charge in [0.1, 0.15) is 24.1 Å². The van der Waals surface area contributed by atoms with Gasteiger partial charge < -0.3 is 13.9 Å². The molecular weight excluding hydrogens is 320 g/mol. The lowest BCUT2D eigenvalue weighted by Crippen LogP contribution is -2.25. The Hall–Kier alpha value is -3.35. The standard InChI is InChI=1S/C18H14N4O3/c1-2-12(9-19-5-1)17-21-15-8-14(3-4-16(15)25-17)23-10-13-11-24-18-20-6-7-22(13)18/h1-5,8-9,11H,6-7,10H2. The molecule has 5 rings (SSSR count). The van der Waals surface area contributed by atoms with E-state index in [1.165, 1.54) is 0 Å². The van der Waals surface area contributed by atoms with E-state index in [4.69, 9.17) is 13.9 Å². The molecule has 2 aromatic heterocycles. The molecule has 4 heterocycles. The van der Waals surface area contributed by atoms with Gasteiger partial charge in [0.05, 0.1) is 17.8 Å². The lowest BCUT2D eigenvalue weighted by atomic mass is 10.3. The van der Waals surface area contributed by atoms with Crippen molar-refractivity contribution in [3.05, 3.63) is 54.7 Å². The molecule has 0 fully saturated rings. The molecule has 1 aromatic carbocycles. The number of fused-ring (bicyclic) bond motifs is 2. The smallest absolute Gasteiger partial charge is 0.297 e. The van der Waals surface area contributed by atoms with Gasteiger partial charge in [0.2, 0.25) is 5.89 Å². The number of ether oxygens (including phenoxy) is 2. The summed E-state index contributed by atoms with van der Waals surface area (Å²) >= 11 is 0. The molecule has 0 N–H and O–H groups in total. The number of aromatic nitrogens is 2. The van der Waals surface area contributed by atoms with Crippen molar-refractivity contribution in [2.45, 2.75) is 0 Å². The molecule has 25 heavy (non-hydrogen) atoms. The first kappa shape index (κ1) is 14.0. The minimum absolute atomic E-state index is 0.415. The van der Waals surface area contributed by atoms with Crippen molar-refractivity contribution in [1.82, 2.24) is 14.9 Å². The van der Waals surface area contributed by atoms with E-state index in [1.807, 2.05) is 35.2 Å². The molecule has 0 saturated heterocycles. The summed E-state index contributed by atoms with van der Waals surface area (Å²) in [7, 11) is 0. The second kappa shape index (κ2) is 5.62. The van der Waals surface area contributed by atoms with Crippen LogP contribution in [0.1, 0.15) is 0 Å². The average molecular weight is 334 g/mol. The summed E-state index contributed by atoms with van der Waals surface area (Å²) in [6, 6.07) is 10.0. The van der Waals surface area contributed by atoms with Gasteiger partial charge in [-0.25, -0.2) is 9.98 Å². The van der Waals surface area contributed by atoms with Crippen LogP contribution in [0, 0.1) is 0 Å². The van der Waals surface area contributed by atoms with Crippen LogP contribution in [0.2, 0.25) is 0 Å². The molecule has 0 atom stereocenters. The van der Waals surface area contributed by atoms with E-state index in [9.17, 15) is 0 Å². The first-order chi connectivity index (χ1) is 12.4. The normalized spacial score (nSPS) is 15.8. The van der Waals surface area contributed by atoms with Crippen molar-refractivity contribution in [1.29, 1.82) is 0 Å². The van der Waals surface area contributed by atoms with Gasteiger partial charge in [-0.2, -0.15) is 0 Å². The Labute approximate surface area is 143 Å². The maximum atomic E-state index is 5.88. The molecule has 0 bridgehead atoms. The highest BCUT2D eigenvalue weighted by atomic mass is 16.5. The molecule has 7 heteroatoms. The van der Waals surface area contributed by atoms with E-state index < -0.39 is 0 Å². The van der Waals surface area contributed by atoms with Gasteiger partial charge in [0, 0.05) is 25.0 Å². The van der Waals surface area contributed by atoms with E-state index in [2.05, 4.69) is 15.0 Å². The van der Waals surface area contributed by atoms with Gasteiger partial charge in [-0.3, -0.25) is 9.88 Å². The Balaban J connectivity index is 1.35. The van der Waals surface area contributed by atoms with Crippen molar-refractivity contribution in [3.8, 4) is 17.2 Å². The van der Waals surface area contributed by atoms with Crippen LogP contribution in [0.25, 0.3) is 22.6 Å². The largest absolute Gasteiger partial charge is 0.487 e. The quantitative estimate of drug-likeness (QED) is 0.730. The summed E-state index contributed by atoms with van der Waals surface area (Å²) in [4.78, 5) is 14.9. The molecule has 7 nitrogen and oxygen atoms in total. The number of amidine groups is 1. The van der Waals surface area contributed by atoms with E-state index in [0.29, 0.717) is 24.1 Å². The molecule has 3 aromatic rings. The molecule has 0 saturated carbocycles. The lowest BCUT2D eigenvalue weighted by Gasteiger charge is -2.14. The van der Waals surface area contributed by atoms with E-state index in [0.717, 1.165) is 35.6 Å². The zero-order chi connectivity index (χ0) is 16.6. The van der Waals surface area contributed by atoms with Crippen LogP contribution in [0.3, 0.4) is 0 Å². The Bertz CT molecular complexity index is 994. The SMILES string of the molecule is C1=C(COc2ccc3oc(-c4cccnc4)nc3c2)N2CCN=C2O1. The Morgan fingerprint density at radius 2 is 2.24 bits per heavy atom. The maximum absolute atomic E-state index is 5.88. The van der Waals surface area contributed by atoms with Gasteiger partial charge in [-0.1, -0.05) is 0 Å². The predicted octanol–water partition coefficient (Wildman–Crippen LogP) is 2.81. The number of rotatable bonds is 4. The van der Waals surface area contributed by atoms with Crippen molar-refractivity contribution in [2.75, 3.05) is 19.7 Å². The van der Waals surface area contributed by atoms with Gasteiger partial charge in [0.15, 0.2) is 5.58 Å². The van der Waals surface area contributed by atoms with Crippen molar-refractivity contribution in [3.63, 3.8) is 0 Å². The van der Waals surface area contributed by atoms with Crippen molar-refractivity contribution in [2.24, 2.45) is 4.99 Å². The van der Waals surface area contributed by atoms with Crippen LogP contribution in [0.5, 0.6) is 5.75 Å². The third-order valence-electron chi connectivity index (χ3n) is 4.10. The number of nitrogens with zero attached hydrogens (tertiary/aromatic N) is 4. The Kier molecular flexibility index (Phi) is 3.16. The van der Waals surface area contributed by atoms with E-state index in [-0.39, 0.29) is 0 Å². The number of hydrogen-bond acceptors (Lipinski definition) is 7. The minimum Gasteiger partial charge on any atom is -0.487 e. The predicted molar refractivity (Wildman–Crippen MR) is 90.9 cm³/mol. The maximum Gasteiger partial charge on any atom is 0.297 e. The van der Waals surface area contributed by atoms with Crippen LogP contribution in [0.15, 0.2) is 64.1 Å². The number of benzene rings is 1. The highest BCUT2D eigenvalue weighted by molar-refractivity contribution is 5.80. The molecule has 2 aliphatic heterocycles. The number of oxazole rings is 1. The van der Waals surface area contributed by atoms with Crippen molar-refractivity contribution >= 4 is 17.1 Å². The fourth-order valence-electron chi connectivity index (χ4n) is 2.86. The summed E-state index contributed by atoms with van der Waals surface area (Å²) in [6.07, 6.45) is 5.13. The van der Waals surface area contributed by atoms with Crippen LogP contribution in [-0.4, -0.2) is 40.6 Å². The molecule has 124 valence electrons. The topological polar surface area (TPSA) is 73.0 Å². The van der Waals surface area contributed by atoms with Gasteiger partial charge in [-0.05, 0) is 24.3 Å². The number of aliphatic imine (C=N–C) groups is 1. The first-order valence-corrected chi connectivity index (χ1v) is 7.98. The first-order valence-electron chi connectivity index (χ1n) is 7.98. The average Bonchev–Trinajstić information content (AvgIpc) is 3.36. The van der Waals surface area contributed by atoms with E-state index in [1.54, 1.807) is 18.7 Å². The zero-order valence-electron chi connectivity index (χ0n) is 13.3. The molecule has 0 unspecified atom stereocenters. The zero-order valence-corrected chi connectivity index (χ0v) is 13.3. The molecule has 0 aliphatic carbocycles. The lowest BCUT2D eigenvalue weighted by molar-refractivity contribution is 0.322. The molecule has 0 radical (unpaired) electrons. The summed E-state index contributed by atoms with van der Waals surface area (Å²) in [5.41, 5.74) is 3.27. The van der Waals surface area contributed by atoms with Crippen LogP contribution in [-0.2, 0) is 4.74 Å². The van der Waals surface area contributed by atoms with Gasteiger partial charge >= 0.3 is 0 Å². The summed E-state index contributed by atoms with van der Waals surface area (Å²) in [5, 5.41) is 0. The van der Waals surface area contributed by atoms with Crippen molar-refractivity contribution < 1.29 is 13.9 Å². The number of hydrogen-bond donors (Lipinski definition) is 0. The van der Waals surface area contributed by atoms with E-state index >= 15 is 0 Å². The second-order valence-corrected chi connectivity index (χ2v) is 5.72. The minimum atomic E-state index is 0.415. The monoisotopic (exact) mass is 334 g/mol. The Morgan fingerprint density at radius 3 is 3.16 bits per heavy atom. The van der Waals surface area contributed by atoms with Crippen LogP contribution >= 0.6 is 0 Å². The summed E-state index contributed by atoms with van der Waals surface area (Å²) < 4.78 is 17.1. The number of pyridine rings is 1. The molecule has 2 aliphatic rings. The molecule has 0 spiro atoms. The fraction of sp³-hybridized carbons (Fsp3) is 0.167. The molecular formula is C18H14N4O3. The third kappa shape index (κ3) is 2.50. The highest BCUT2D eigenvalue weighted by Crippen LogP contribution is 2.27. The van der Waals surface area contributed by atoms with Crippen LogP contribution < -0.4 is 4.74 Å². The Morgan fingerprint density at radius 1 is 1.24 bits per heavy atom. The van der Waals surface area contributed by atoms with Gasteiger partial charge in [0.25, 0.3) is 6.02 Å². The molecule has 0 amide bonds. The summed E-state index contributed by atoms with van der Waals surface area (Å²) in [6.45, 7) is 2.01. The fourth-order valence-corrected chi connectivity index (χ4v) is 2.86. The second-order valence-electron chi connectivity index (χ2n) is 5.72. The summed E-state index contributed by atoms with van der Waals surface area (Å²) in [5.74, 6) is 1.27. The highest BCUT2D eigenvalue weighted by Gasteiger charge is 2.27. The third-order valence-corrected chi connectivity index (χ3v) is 4.10. The van der Waals surface area contributed by atoms with Gasteiger partial charge in [-0.15, -0.1) is 0 Å². The van der Waals surface area contributed by atoms with Crippen LogP contribution in [0.4, 0.5) is 0 Å².